The van der Waals surface area contributed by atoms with Crippen molar-refractivity contribution in [3.05, 3.63) is 17.0 Å². The third-order valence-electron chi connectivity index (χ3n) is 3.54. The average molecular weight is 272 g/mol. The van der Waals surface area contributed by atoms with Crippen LogP contribution in [0.4, 0.5) is 0 Å². The molecule has 104 valence electrons. The van der Waals surface area contributed by atoms with E-state index in [0.717, 1.165) is 30.7 Å². The first-order chi connectivity index (χ1) is 8.46. The Morgan fingerprint density at radius 1 is 1.22 bits per heavy atom. The van der Waals surface area contributed by atoms with E-state index in [2.05, 4.69) is 24.0 Å². The molecule has 1 heterocycles. The molecule has 4 nitrogen and oxygen atoms in total. The van der Waals surface area contributed by atoms with E-state index >= 15 is 0 Å². The third kappa shape index (κ3) is 3.34. The Morgan fingerprint density at radius 3 is 2.39 bits per heavy atom. The highest BCUT2D eigenvalue weighted by atomic mass is 32.2. The van der Waals surface area contributed by atoms with Gasteiger partial charge in [0.15, 0.2) is 9.84 Å². The van der Waals surface area contributed by atoms with Crippen LogP contribution in [0.25, 0.3) is 0 Å². The quantitative estimate of drug-likeness (QED) is 0.828. The van der Waals surface area contributed by atoms with E-state index < -0.39 is 9.84 Å². The van der Waals surface area contributed by atoms with E-state index in [9.17, 15) is 8.42 Å². The number of aryl methyl sites for hydroxylation is 2. The summed E-state index contributed by atoms with van der Waals surface area (Å²) in [6.45, 7) is 7.69. The van der Waals surface area contributed by atoms with E-state index in [-0.39, 0.29) is 11.0 Å². The SMILES string of the molecule is CCc1n[nH]c(CCC(C)S(=O)(=O)CC)c1CC. The highest BCUT2D eigenvalue weighted by Crippen LogP contribution is 2.17. The van der Waals surface area contributed by atoms with E-state index in [1.54, 1.807) is 13.8 Å². The van der Waals surface area contributed by atoms with E-state index in [1.165, 1.54) is 5.56 Å². The molecule has 1 unspecified atom stereocenters. The van der Waals surface area contributed by atoms with Crippen LogP contribution >= 0.6 is 0 Å². The van der Waals surface area contributed by atoms with Crippen LogP contribution in [0, 0.1) is 0 Å². The van der Waals surface area contributed by atoms with E-state index in [4.69, 9.17) is 0 Å². The maximum absolute atomic E-state index is 11.7. The molecular formula is C13H24N2O2S. The van der Waals surface area contributed by atoms with Crippen LogP contribution in [0.3, 0.4) is 0 Å². The summed E-state index contributed by atoms with van der Waals surface area (Å²) < 4.78 is 23.4. The predicted molar refractivity (Wildman–Crippen MR) is 74.6 cm³/mol. The molecule has 0 aliphatic rings. The molecule has 0 aliphatic heterocycles. The summed E-state index contributed by atoms with van der Waals surface area (Å²) in [6.07, 6.45) is 3.29. The summed E-state index contributed by atoms with van der Waals surface area (Å²) in [6, 6.07) is 0. The molecule has 1 rings (SSSR count). The van der Waals surface area contributed by atoms with Crippen LogP contribution < -0.4 is 0 Å². The fraction of sp³-hybridized carbons (Fsp3) is 0.769. The Labute approximate surface area is 110 Å². The second kappa shape index (κ2) is 6.36. The molecule has 0 saturated carbocycles. The summed E-state index contributed by atoms with van der Waals surface area (Å²) in [7, 11) is -2.92. The highest BCUT2D eigenvalue weighted by Gasteiger charge is 2.19. The van der Waals surface area contributed by atoms with Crippen molar-refractivity contribution in [2.75, 3.05) is 5.75 Å². The van der Waals surface area contributed by atoms with Crippen molar-refractivity contribution in [2.24, 2.45) is 0 Å². The zero-order chi connectivity index (χ0) is 13.8. The molecule has 0 aliphatic carbocycles. The van der Waals surface area contributed by atoms with Gasteiger partial charge in [-0.15, -0.1) is 0 Å². The van der Waals surface area contributed by atoms with Crippen LogP contribution in [0.5, 0.6) is 0 Å². The van der Waals surface area contributed by atoms with Crippen molar-refractivity contribution < 1.29 is 8.42 Å². The van der Waals surface area contributed by atoms with Crippen LogP contribution in [0.2, 0.25) is 0 Å². The molecule has 0 aromatic carbocycles. The summed E-state index contributed by atoms with van der Waals surface area (Å²) in [5, 5.41) is 7.07. The molecule has 0 spiro atoms. The third-order valence-corrected chi connectivity index (χ3v) is 5.81. The molecule has 1 N–H and O–H groups in total. The Bertz CT molecular complexity index is 477. The number of sulfone groups is 1. The van der Waals surface area contributed by atoms with Gasteiger partial charge in [-0.3, -0.25) is 5.10 Å². The molecular weight excluding hydrogens is 248 g/mol. The van der Waals surface area contributed by atoms with Crippen LogP contribution in [-0.2, 0) is 29.1 Å². The first-order valence-corrected chi connectivity index (χ1v) is 8.44. The largest absolute Gasteiger partial charge is 0.282 e. The van der Waals surface area contributed by atoms with Crippen molar-refractivity contribution >= 4 is 9.84 Å². The predicted octanol–water partition coefficient (Wildman–Crippen LogP) is 2.29. The van der Waals surface area contributed by atoms with Crippen LogP contribution in [0.15, 0.2) is 0 Å². The normalized spacial score (nSPS) is 13.8. The maximum atomic E-state index is 11.7. The molecule has 0 bridgehead atoms. The number of rotatable bonds is 7. The second-order valence-electron chi connectivity index (χ2n) is 4.64. The fourth-order valence-electron chi connectivity index (χ4n) is 2.17. The van der Waals surface area contributed by atoms with Gasteiger partial charge >= 0.3 is 0 Å². The Morgan fingerprint density at radius 2 is 1.89 bits per heavy atom. The summed E-state index contributed by atoms with van der Waals surface area (Å²) >= 11 is 0. The lowest BCUT2D eigenvalue weighted by Crippen LogP contribution is -2.20. The summed E-state index contributed by atoms with van der Waals surface area (Å²) in [5.41, 5.74) is 3.48. The minimum absolute atomic E-state index is 0.220. The van der Waals surface area contributed by atoms with Gasteiger partial charge in [-0.25, -0.2) is 8.42 Å². The van der Waals surface area contributed by atoms with E-state index in [1.807, 2.05) is 0 Å². The van der Waals surface area contributed by atoms with Crippen LogP contribution in [-0.4, -0.2) is 29.6 Å². The van der Waals surface area contributed by atoms with Gasteiger partial charge in [0.1, 0.15) is 0 Å². The maximum Gasteiger partial charge on any atom is 0.152 e. The number of hydrogen-bond donors (Lipinski definition) is 1. The number of H-pyrrole nitrogens is 1. The van der Waals surface area contributed by atoms with Crippen LogP contribution in [0.1, 0.15) is 51.1 Å². The molecule has 5 heteroatoms. The molecule has 18 heavy (non-hydrogen) atoms. The number of hydrogen-bond acceptors (Lipinski definition) is 3. The Hall–Kier alpha value is -0.840. The van der Waals surface area contributed by atoms with Gasteiger partial charge in [-0.2, -0.15) is 5.10 Å². The first kappa shape index (κ1) is 15.2. The Kier molecular flexibility index (Phi) is 5.38. The van der Waals surface area contributed by atoms with Crippen molar-refractivity contribution in [3.8, 4) is 0 Å². The lowest BCUT2D eigenvalue weighted by atomic mass is 10.0. The second-order valence-corrected chi connectivity index (χ2v) is 7.34. The molecule has 1 atom stereocenters. The van der Waals surface area contributed by atoms with Gasteiger partial charge in [0, 0.05) is 11.4 Å². The number of nitrogens with one attached hydrogen (secondary N) is 1. The summed E-state index contributed by atoms with van der Waals surface area (Å²) in [4.78, 5) is 0. The van der Waals surface area contributed by atoms with Crippen molar-refractivity contribution in [1.29, 1.82) is 0 Å². The van der Waals surface area contributed by atoms with Crippen molar-refractivity contribution in [1.82, 2.24) is 10.2 Å². The highest BCUT2D eigenvalue weighted by molar-refractivity contribution is 7.91. The first-order valence-electron chi connectivity index (χ1n) is 6.72. The molecule has 0 saturated heterocycles. The minimum atomic E-state index is -2.92. The number of aromatic nitrogens is 2. The van der Waals surface area contributed by atoms with Crippen molar-refractivity contribution in [3.63, 3.8) is 0 Å². The zero-order valence-electron chi connectivity index (χ0n) is 11.8. The molecule has 0 amide bonds. The van der Waals surface area contributed by atoms with Crippen molar-refractivity contribution in [2.45, 2.75) is 58.6 Å². The monoisotopic (exact) mass is 272 g/mol. The lowest BCUT2D eigenvalue weighted by molar-refractivity contribution is 0.577. The molecule has 0 fully saturated rings. The molecule has 1 aromatic rings. The van der Waals surface area contributed by atoms with Gasteiger partial charge in [-0.1, -0.05) is 20.8 Å². The molecule has 0 radical (unpaired) electrons. The topological polar surface area (TPSA) is 62.8 Å². The number of aromatic amines is 1. The Balaban J connectivity index is 2.72. The molecule has 1 aromatic heterocycles. The fourth-order valence-corrected chi connectivity index (χ4v) is 3.22. The van der Waals surface area contributed by atoms with E-state index in [0.29, 0.717) is 6.42 Å². The van der Waals surface area contributed by atoms with Gasteiger partial charge in [0.05, 0.1) is 10.9 Å². The average Bonchev–Trinajstić information content (AvgIpc) is 2.77. The lowest BCUT2D eigenvalue weighted by Gasteiger charge is -2.11. The smallest absolute Gasteiger partial charge is 0.152 e. The zero-order valence-corrected chi connectivity index (χ0v) is 12.6. The minimum Gasteiger partial charge on any atom is -0.282 e. The van der Waals surface area contributed by atoms with Gasteiger partial charge < -0.3 is 0 Å². The standard InChI is InChI=1S/C13H24N2O2S/c1-5-11-12(6-2)14-15-13(11)9-8-10(4)18(16,17)7-3/h10H,5-9H2,1-4H3,(H,14,15). The van der Waals surface area contributed by atoms with Gasteiger partial charge in [-0.05, 0) is 38.2 Å². The summed E-state index contributed by atoms with van der Waals surface area (Å²) in [5.74, 6) is 0.220. The van der Waals surface area contributed by atoms with Gasteiger partial charge in [0.25, 0.3) is 0 Å². The van der Waals surface area contributed by atoms with Gasteiger partial charge in [0.2, 0.25) is 0 Å². The number of nitrogens with zero attached hydrogens (tertiary/aromatic N) is 1.